The molecular weight excluding hydrogens is 261 g/mol. The predicted octanol–water partition coefficient (Wildman–Crippen LogP) is 4.73. The average Bonchev–Trinajstić information content (AvgIpc) is 2.78. The van der Waals surface area contributed by atoms with Crippen molar-refractivity contribution in [1.82, 2.24) is 5.32 Å². The molecule has 1 fully saturated rings. The maximum absolute atomic E-state index is 13.3. The molecule has 1 aromatic rings. The minimum atomic E-state index is -0.138. The van der Waals surface area contributed by atoms with E-state index >= 15 is 0 Å². The molecule has 1 unspecified atom stereocenters. The molecule has 0 bridgehead atoms. The Hall–Kier alpha value is -0.890. The zero-order valence-electron chi connectivity index (χ0n) is 14.4. The van der Waals surface area contributed by atoms with Gasteiger partial charge in [-0.05, 0) is 66.3 Å². The van der Waals surface area contributed by atoms with Crippen molar-refractivity contribution in [3.8, 4) is 0 Å². The van der Waals surface area contributed by atoms with Crippen LogP contribution in [0.1, 0.15) is 52.2 Å². The standard InChI is InChI=1S/C19H30FN/c1-7-10-21-16(17-18(3,4)19(17,5)6)12-14-8-9-15(20)11-13(14)2/h8-9,11,16-17,21H,7,10,12H2,1-6H3. The van der Waals surface area contributed by atoms with E-state index in [9.17, 15) is 4.39 Å². The normalized spacial score (nSPS) is 21.3. The lowest BCUT2D eigenvalue weighted by atomic mass is 9.94. The number of rotatable bonds is 6. The van der Waals surface area contributed by atoms with E-state index < -0.39 is 0 Å². The molecule has 0 aromatic heterocycles. The second kappa shape index (κ2) is 5.72. The molecule has 0 saturated heterocycles. The first kappa shape index (κ1) is 16.5. The first-order valence-corrected chi connectivity index (χ1v) is 8.20. The van der Waals surface area contributed by atoms with Crippen LogP contribution in [0.2, 0.25) is 0 Å². The summed E-state index contributed by atoms with van der Waals surface area (Å²) in [5, 5.41) is 3.74. The summed E-state index contributed by atoms with van der Waals surface area (Å²) < 4.78 is 13.3. The molecular formula is C19H30FN. The molecule has 1 atom stereocenters. The first-order valence-electron chi connectivity index (χ1n) is 8.20. The van der Waals surface area contributed by atoms with Crippen LogP contribution in [0.5, 0.6) is 0 Å². The minimum absolute atomic E-state index is 0.138. The number of aryl methyl sites for hydroxylation is 1. The van der Waals surface area contributed by atoms with Crippen LogP contribution in [0.25, 0.3) is 0 Å². The largest absolute Gasteiger partial charge is 0.313 e. The third kappa shape index (κ3) is 3.01. The van der Waals surface area contributed by atoms with Crippen molar-refractivity contribution < 1.29 is 4.39 Å². The van der Waals surface area contributed by atoms with Crippen LogP contribution in [0.3, 0.4) is 0 Å². The van der Waals surface area contributed by atoms with Crippen LogP contribution >= 0.6 is 0 Å². The molecule has 0 aliphatic heterocycles. The van der Waals surface area contributed by atoms with Gasteiger partial charge in [-0.3, -0.25) is 0 Å². The molecule has 1 aromatic carbocycles. The van der Waals surface area contributed by atoms with Crippen molar-refractivity contribution in [1.29, 1.82) is 0 Å². The van der Waals surface area contributed by atoms with Gasteiger partial charge in [0.1, 0.15) is 5.82 Å². The summed E-state index contributed by atoms with van der Waals surface area (Å²) >= 11 is 0. The van der Waals surface area contributed by atoms with Crippen LogP contribution < -0.4 is 5.32 Å². The highest BCUT2D eigenvalue weighted by molar-refractivity contribution is 5.29. The lowest BCUT2D eigenvalue weighted by Gasteiger charge is -2.22. The maximum Gasteiger partial charge on any atom is 0.123 e. The van der Waals surface area contributed by atoms with E-state index in [4.69, 9.17) is 0 Å². The van der Waals surface area contributed by atoms with Gasteiger partial charge in [0.25, 0.3) is 0 Å². The highest BCUT2D eigenvalue weighted by atomic mass is 19.1. The molecule has 1 nitrogen and oxygen atoms in total. The molecule has 0 amide bonds. The smallest absolute Gasteiger partial charge is 0.123 e. The number of hydrogen-bond acceptors (Lipinski definition) is 1. The van der Waals surface area contributed by atoms with Gasteiger partial charge in [0.05, 0.1) is 0 Å². The Morgan fingerprint density at radius 1 is 1.19 bits per heavy atom. The molecule has 0 radical (unpaired) electrons. The van der Waals surface area contributed by atoms with Gasteiger partial charge in [0, 0.05) is 6.04 Å². The number of nitrogens with one attached hydrogen (secondary N) is 1. The van der Waals surface area contributed by atoms with Gasteiger partial charge >= 0.3 is 0 Å². The number of hydrogen-bond donors (Lipinski definition) is 1. The van der Waals surface area contributed by atoms with Crippen molar-refractivity contribution in [2.45, 2.75) is 60.4 Å². The Kier molecular flexibility index (Phi) is 4.49. The van der Waals surface area contributed by atoms with E-state index in [1.807, 2.05) is 13.0 Å². The molecule has 1 saturated carbocycles. The van der Waals surface area contributed by atoms with Crippen LogP contribution in [-0.4, -0.2) is 12.6 Å². The molecule has 118 valence electrons. The monoisotopic (exact) mass is 291 g/mol. The summed E-state index contributed by atoms with van der Waals surface area (Å²) in [7, 11) is 0. The SMILES string of the molecule is CCCNC(Cc1ccc(F)cc1C)C1C(C)(C)C1(C)C. The van der Waals surface area contributed by atoms with Crippen LogP contribution in [-0.2, 0) is 6.42 Å². The third-order valence-electron chi connectivity index (χ3n) is 5.94. The van der Waals surface area contributed by atoms with Crippen LogP contribution in [0.4, 0.5) is 4.39 Å². The zero-order chi connectivity index (χ0) is 15.8. The molecule has 0 spiro atoms. The second-order valence-electron chi connectivity index (χ2n) is 7.76. The summed E-state index contributed by atoms with van der Waals surface area (Å²) in [4.78, 5) is 0. The lowest BCUT2D eigenvalue weighted by Crippen LogP contribution is -2.36. The number of halogens is 1. The highest BCUT2D eigenvalue weighted by Gasteiger charge is 2.66. The highest BCUT2D eigenvalue weighted by Crippen LogP contribution is 2.69. The summed E-state index contributed by atoms with van der Waals surface area (Å²) in [5.41, 5.74) is 3.07. The first-order chi connectivity index (χ1) is 9.71. The van der Waals surface area contributed by atoms with Gasteiger partial charge in [-0.25, -0.2) is 4.39 Å². The summed E-state index contributed by atoms with van der Waals surface area (Å²) in [5.74, 6) is 0.530. The fourth-order valence-electron chi connectivity index (χ4n) is 4.02. The molecule has 2 heteroatoms. The van der Waals surface area contributed by atoms with E-state index in [-0.39, 0.29) is 5.82 Å². The molecule has 0 heterocycles. The topological polar surface area (TPSA) is 12.0 Å². The van der Waals surface area contributed by atoms with E-state index in [0.717, 1.165) is 24.9 Å². The second-order valence-corrected chi connectivity index (χ2v) is 7.76. The lowest BCUT2D eigenvalue weighted by molar-refractivity contribution is 0.395. The van der Waals surface area contributed by atoms with Crippen LogP contribution in [0.15, 0.2) is 18.2 Å². The van der Waals surface area contributed by atoms with Gasteiger partial charge in [0.2, 0.25) is 0 Å². The van der Waals surface area contributed by atoms with Crippen molar-refractivity contribution in [2.75, 3.05) is 6.54 Å². The van der Waals surface area contributed by atoms with E-state index in [1.165, 1.54) is 5.56 Å². The Morgan fingerprint density at radius 3 is 2.29 bits per heavy atom. The average molecular weight is 291 g/mol. The predicted molar refractivity (Wildman–Crippen MR) is 88.0 cm³/mol. The Bertz CT molecular complexity index is 490. The Labute approximate surface area is 129 Å². The summed E-state index contributed by atoms with van der Waals surface area (Å²) in [6.45, 7) is 14.7. The molecule has 1 aliphatic carbocycles. The maximum atomic E-state index is 13.3. The Morgan fingerprint density at radius 2 is 1.81 bits per heavy atom. The third-order valence-corrected chi connectivity index (χ3v) is 5.94. The van der Waals surface area contributed by atoms with Crippen molar-refractivity contribution >= 4 is 0 Å². The molecule has 1 aliphatic rings. The Balaban J connectivity index is 2.18. The fourth-order valence-corrected chi connectivity index (χ4v) is 4.02. The summed E-state index contributed by atoms with van der Waals surface area (Å²) in [6.07, 6.45) is 2.14. The van der Waals surface area contributed by atoms with E-state index in [2.05, 4.69) is 39.9 Å². The van der Waals surface area contributed by atoms with Gasteiger partial charge in [-0.15, -0.1) is 0 Å². The van der Waals surface area contributed by atoms with Gasteiger partial charge in [0.15, 0.2) is 0 Å². The van der Waals surface area contributed by atoms with E-state index in [0.29, 0.717) is 22.8 Å². The number of benzene rings is 1. The molecule has 2 rings (SSSR count). The van der Waals surface area contributed by atoms with Gasteiger partial charge in [-0.2, -0.15) is 0 Å². The summed E-state index contributed by atoms with van der Waals surface area (Å²) in [6, 6.07) is 5.66. The van der Waals surface area contributed by atoms with Crippen LogP contribution in [0, 0.1) is 29.5 Å². The van der Waals surface area contributed by atoms with Gasteiger partial charge in [-0.1, -0.05) is 40.7 Å². The van der Waals surface area contributed by atoms with Crippen molar-refractivity contribution in [2.24, 2.45) is 16.7 Å². The van der Waals surface area contributed by atoms with Crippen molar-refractivity contribution in [3.63, 3.8) is 0 Å². The minimum Gasteiger partial charge on any atom is -0.313 e. The quantitative estimate of drug-likeness (QED) is 0.799. The molecule has 1 N–H and O–H groups in total. The van der Waals surface area contributed by atoms with E-state index in [1.54, 1.807) is 12.1 Å². The van der Waals surface area contributed by atoms with Gasteiger partial charge < -0.3 is 5.32 Å². The fraction of sp³-hybridized carbons (Fsp3) is 0.684. The molecule has 21 heavy (non-hydrogen) atoms. The van der Waals surface area contributed by atoms with Crippen molar-refractivity contribution in [3.05, 3.63) is 35.1 Å². The zero-order valence-corrected chi connectivity index (χ0v) is 14.4.